The molecule has 0 bridgehead atoms. The Morgan fingerprint density at radius 2 is 1.70 bits per heavy atom. The number of nitrogens with zero attached hydrogens (tertiary/aromatic N) is 1. The van der Waals surface area contributed by atoms with Crippen molar-refractivity contribution >= 4 is 17.5 Å². The molecule has 0 saturated carbocycles. The summed E-state index contributed by atoms with van der Waals surface area (Å²) in [6.07, 6.45) is 0.944. The van der Waals surface area contributed by atoms with Gasteiger partial charge in [-0.15, -0.1) is 0 Å². The number of rotatable bonds is 8. The van der Waals surface area contributed by atoms with E-state index in [-0.39, 0.29) is 18.2 Å². The molecule has 1 aliphatic heterocycles. The molecule has 3 rings (SSSR count). The summed E-state index contributed by atoms with van der Waals surface area (Å²) in [4.78, 5) is 26.2. The van der Waals surface area contributed by atoms with Gasteiger partial charge in [0.05, 0.1) is 31.9 Å². The number of anilines is 1. The number of methoxy groups -OCH3 is 1. The number of carbonyl (C=O) groups is 2. The van der Waals surface area contributed by atoms with Crippen molar-refractivity contribution in [3.63, 3.8) is 0 Å². The standard InChI is InChI=1S/C21H24N2O4/c1-3-27-18-10-6-16(7-11-18)23-20(24)14-19(21(23)25)22-13-12-15-4-8-17(26-2)9-5-15/h4-11,19,22H,3,12-14H2,1-2H3/t19-/m1/s1. The van der Waals surface area contributed by atoms with Crippen LogP contribution < -0.4 is 19.7 Å². The second-order valence-electron chi connectivity index (χ2n) is 6.30. The van der Waals surface area contributed by atoms with Gasteiger partial charge in [-0.2, -0.15) is 0 Å². The van der Waals surface area contributed by atoms with E-state index in [1.165, 1.54) is 4.90 Å². The second-order valence-corrected chi connectivity index (χ2v) is 6.30. The highest BCUT2D eigenvalue weighted by Gasteiger charge is 2.39. The lowest BCUT2D eigenvalue weighted by atomic mass is 10.1. The monoisotopic (exact) mass is 368 g/mol. The van der Waals surface area contributed by atoms with Crippen LogP contribution in [0.5, 0.6) is 11.5 Å². The third-order valence-electron chi connectivity index (χ3n) is 4.52. The van der Waals surface area contributed by atoms with Crippen LogP contribution in [0.4, 0.5) is 5.69 Å². The highest BCUT2D eigenvalue weighted by atomic mass is 16.5. The quantitative estimate of drug-likeness (QED) is 0.726. The first-order valence-electron chi connectivity index (χ1n) is 9.08. The van der Waals surface area contributed by atoms with Gasteiger partial charge in [-0.25, -0.2) is 4.90 Å². The van der Waals surface area contributed by atoms with Gasteiger partial charge >= 0.3 is 0 Å². The summed E-state index contributed by atoms with van der Waals surface area (Å²) >= 11 is 0. The number of benzene rings is 2. The van der Waals surface area contributed by atoms with Crippen LogP contribution in [-0.4, -0.2) is 38.1 Å². The molecular weight excluding hydrogens is 344 g/mol. The maximum atomic E-state index is 12.6. The molecule has 1 heterocycles. The Bertz CT molecular complexity index is 787. The minimum absolute atomic E-state index is 0.175. The van der Waals surface area contributed by atoms with Crippen molar-refractivity contribution in [3.05, 3.63) is 54.1 Å². The van der Waals surface area contributed by atoms with Gasteiger partial charge in [0.2, 0.25) is 5.91 Å². The fourth-order valence-corrected chi connectivity index (χ4v) is 3.10. The van der Waals surface area contributed by atoms with Crippen molar-refractivity contribution in [2.24, 2.45) is 0 Å². The van der Waals surface area contributed by atoms with E-state index in [1.54, 1.807) is 31.4 Å². The molecule has 1 aliphatic rings. The lowest BCUT2D eigenvalue weighted by molar-refractivity contribution is -0.121. The molecule has 1 atom stereocenters. The number of ether oxygens (including phenoxy) is 2. The molecule has 2 amide bonds. The molecule has 0 spiro atoms. The van der Waals surface area contributed by atoms with Gasteiger partial charge in [0, 0.05) is 0 Å². The van der Waals surface area contributed by atoms with Crippen molar-refractivity contribution in [2.75, 3.05) is 25.2 Å². The van der Waals surface area contributed by atoms with E-state index < -0.39 is 6.04 Å². The van der Waals surface area contributed by atoms with E-state index in [0.717, 1.165) is 23.5 Å². The predicted octanol–water partition coefficient (Wildman–Crippen LogP) is 2.56. The number of imide groups is 1. The first-order chi connectivity index (χ1) is 13.1. The Labute approximate surface area is 159 Å². The number of hydrogen-bond donors (Lipinski definition) is 1. The van der Waals surface area contributed by atoms with Crippen LogP contribution in [0.15, 0.2) is 48.5 Å². The second kappa shape index (κ2) is 8.68. The minimum atomic E-state index is -0.484. The summed E-state index contributed by atoms with van der Waals surface area (Å²) < 4.78 is 10.5. The topological polar surface area (TPSA) is 67.9 Å². The fourth-order valence-electron chi connectivity index (χ4n) is 3.10. The van der Waals surface area contributed by atoms with Crippen molar-refractivity contribution in [3.8, 4) is 11.5 Å². The Morgan fingerprint density at radius 1 is 1.04 bits per heavy atom. The average Bonchev–Trinajstić information content (AvgIpc) is 2.97. The largest absolute Gasteiger partial charge is 0.497 e. The van der Waals surface area contributed by atoms with E-state index in [1.807, 2.05) is 31.2 Å². The Morgan fingerprint density at radius 3 is 2.33 bits per heavy atom. The SMILES string of the molecule is CCOc1ccc(N2C(=O)C[C@@H](NCCc3ccc(OC)cc3)C2=O)cc1. The predicted molar refractivity (Wildman–Crippen MR) is 103 cm³/mol. The number of amides is 2. The summed E-state index contributed by atoms with van der Waals surface area (Å²) in [5.41, 5.74) is 1.72. The van der Waals surface area contributed by atoms with Crippen LogP contribution in [0.1, 0.15) is 18.9 Å². The van der Waals surface area contributed by atoms with Crippen molar-refractivity contribution in [1.82, 2.24) is 5.32 Å². The summed E-state index contributed by atoms with van der Waals surface area (Å²) in [5, 5.41) is 3.20. The lowest BCUT2D eigenvalue weighted by Gasteiger charge is -2.16. The maximum absolute atomic E-state index is 12.6. The Hall–Kier alpha value is -2.86. The molecule has 0 aliphatic carbocycles. The van der Waals surface area contributed by atoms with Crippen molar-refractivity contribution < 1.29 is 19.1 Å². The van der Waals surface area contributed by atoms with Crippen molar-refractivity contribution in [1.29, 1.82) is 0 Å². The van der Waals surface area contributed by atoms with Crippen LogP contribution in [0.2, 0.25) is 0 Å². The van der Waals surface area contributed by atoms with Gasteiger partial charge in [-0.05, 0) is 61.9 Å². The molecule has 2 aromatic carbocycles. The van der Waals surface area contributed by atoms with Gasteiger partial charge in [0.15, 0.2) is 0 Å². The highest BCUT2D eigenvalue weighted by molar-refractivity contribution is 6.22. The third kappa shape index (κ3) is 4.46. The van der Waals surface area contributed by atoms with Crippen molar-refractivity contribution in [2.45, 2.75) is 25.8 Å². The maximum Gasteiger partial charge on any atom is 0.251 e. The summed E-state index contributed by atoms with van der Waals surface area (Å²) in [6, 6.07) is 14.3. The van der Waals surface area contributed by atoms with Crippen LogP contribution in [0.3, 0.4) is 0 Å². The summed E-state index contributed by atoms with van der Waals surface area (Å²) in [6.45, 7) is 3.10. The molecule has 1 N–H and O–H groups in total. The summed E-state index contributed by atoms with van der Waals surface area (Å²) in [7, 11) is 1.63. The fraction of sp³-hybridized carbons (Fsp3) is 0.333. The van der Waals surface area contributed by atoms with Gasteiger partial charge in [-0.1, -0.05) is 12.1 Å². The molecule has 2 aromatic rings. The van der Waals surface area contributed by atoms with Gasteiger partial charge < -0.3 is 14.8 Å². The first kappa shape index (κ1) is 18.9. The normalized spacial score (nSPS) is 16.7. The Balaban J connectivity index is 1.56. The molecule has 6 nitrogen and oxygen atoms in total. The van der Waals surface area contributed by atoms with E-state index in [2.05, 4.69) is 5.32 Å². The van der Waals surface area contributed by atoms with E-state index >= 15 is 0 Å². The Kier molecular flexibility index (Phi) is 6.08. The molecule has 0 radical (unpaired) electrons. The zero-order chi connectivity index (χ0) is 19.2. The van der Waals surface area contributed by atoms with Gasteiger partial charge in [-0.3, -0.25) is 9.59 Å². The smallest absolute Gasteiger partial charge is 0.251 e. The van der Waals surface area contributed by atoms with Gasteiger partial charge in [0.1, 0.15) is 11.5 Å². The molecule has 6 heteroatoms. The number of nitrogens with one attached hydrogen (secondary N) is 1. The van der Waals surface area contributed by atoms with E-state index in [0.29, 0.717) is 18.8 Å². The molecule has 1 fully saturated rings. The molecule has 1 saturated heterocycles. The zero-order valence-corrected chi connectivity index (χ0v) is 15.6. The first-order valence-corrected chi connectivity index (χ1v) is 9.08. The van der Waals surface area contributed by atoms with Crippen LogP contribution in [-0.2, 0) is 16.0 Å². The van der Waals surface area contributed by atoms with E-state index in [9.17, 15) is 9.59 Å². The number of carbonyl (C=O) groups excluding carboxylic acids is 2. The molecule has 27 heavy (non-hydrogen) atoms. The summed E-state index contributed by atoms with van der Waals surface area (Å²) in [5.74, 6) is 1.13. The molecule has 0 aromatic heterocycles. The zero-order valence-electron chi connectivity index (χ0n) is 15.6. The average molecular weight is 368 g/mol. The lowest BCUT2D eigenvalue weighted by Crippen LogP contribution is -2.39. The molecule has 0 unspecified atom stereocenters. The van der Waals surface area contributed by atoms with Crippen LogP contribution in [0, 0.1) is 0 Å². The minimum Gasteiger partial charge on any atom is -0.497 e. The van der Waals surface area contributed by atoms with E-state index in [4.69, 9.17) is 9.47 Å². The highest BCUT2D eigenvalue weighted by Crippen LogP contribution is 2.25. The number of hydrogen-bond acceptors (Lipinski definition) is 5. The molecular formula is C21H24N2O4. The van der Waals surface area contributed by atoms with Gasteiger partial charge in [0.25, 0.3) is 5.91 Å². The third-order valence-corrected chi connectivity index (χ3v) is 4.52. The van der Waals surface area contributed by atoms with Crippen LogP contribution >= 0.6 is 0 Å². The molecule has 142 valence electrons. The van der Waals surface area contributed by atoms with Crippen LogP contribution in [0.25, 0.3) is 0 Å².